The fraction of sp³-hybridized carbons (Fsp3) is 1.00. The topological polar surface area (TPSA) is 12.0 Å². The third-order valence-electron chi connectivity index (χ3n) is 4.49. The zero-order chi connectivity index (χ0) is 10.7. The van der Waals surface area contributed by atoms with Crippen LogP contribution >= 0.6 is 0 Å². The Morgan fingerprint density at radius 3 is 2.27 bits per heavy atom. The van der Waals surface area contributed by atoms with E-state index in [1.807, 2.05) is 0 Å². The Hall–Kier alpha value is -0.0400. The van der Waals surface area contributed by atoms with E-state index in [0.29, 0.717) is 5.41 Å². The van der Waals surface area contributed by atoms with Gasteiger partial charge in [-0.25, -0.2) is 0 Å². The van der Waals surface area contributed by atoms with Crippen molar-refractivity contribution in [3.8, 4) is 0 Å². The second-order valence-corrected chi connectivity index (χ2v) is 6.30. The molecule has 0 saturated heterocycles. The van der Waals surface area contributed by atoms with Gasteiger partial charge in [0.1, 0.15) is 0 Å². The van der Waals surface area contributed by atoms with Crippen molar-refractivity contribution in [2.45, 2.75) is 71.3 Å². The minimum Gasteiger partial charge on any atom is -0.314 e. The fourth-order valence-corrected chi connectivity index (χ4v) is 2.97. The first-order valence-electron chi connectivity index (χ1n) is 6.92. The van der Waals surface area contributed by atoms with Crippen molar-refractivity contribution in [3.05, 3.63) is 0 Å². The number of nitrogens with one attached hydrogen (secondary N) is 1. The van der Waals surface area contributed by atoms with Gasteiger partial charge in [-0.15, -0.1) is 0 Å². The van der Waals surface area contributed by atoms with E-state index in [1.165, 1.54) is 57.9 Å². The van der Waals surface area contributed by atoms with Crippen LogP contribution in [-0.4, -0.2) is 12.6 Å². The van der Waals surface area contributed by atoms with Gasteiger partial charge in [0.2, 0.25) is 0 Å². The summed E-state index contributed by atoms with van der Waals surface area (Å²) in [6, 6.07) is 0.882. The van der Waals surface area contributed by atoms with Gasteiger partial charge in [0.15, 0.2) is 0 Å². The largest absolute Gasteiger partial charge is 0.314 e. The molecule has 2 rings (SSSR count). The van der Waals surface area contributed by atoms with E-state index in [0.717, 1.165) is 12.0 Å². The minimum atomic E-state index is 0.572. The molecule has 1 nitrogen and oxygen atoms in total. The summed E-state index contributed by atoms with van der Waals surface area (Å²) in [5.41, 5.74) is 0.572. The number of rotatable bonds is 5. The van der Waals surface area contributed by atoms with Crippen molar-refractivity contribution in [2.75, 3.05) is 6.54 Å². The molecule has 0 radical (unpaired) electrons. The van der Waals surface area contributed by atoms with E-state index in [1.54, 1.807) is 0 Å². The second-order valence-electron chi connectivity index (χ2n) is 6.30. The number of hydrogen-bond acceptors (Lipinski definition) is 1. The van der Waals surface area contributed by atoms with E-state index in [4.69, 9.17) is 0 Å². The van der Waals surface area contributed by atoms with Gasteiger partial charge in [0.05, 0.1) is 0 Å². The van der Waals surface area contributed by atoms with E-state index in [9.17, 15) is 0 Å². The average molecular weight is 209 g/mol. The summed E-state index contributed by atoms with van der Waals surface area (Å²) >= 11 is 0. The van der Waals surface area contributed by atoms with Gasteiger partial charge in [0, 0.05) is 6.04 Å². The lowest BCUT2D eigenvalue weighted by molar-refractivity contribution is 0.145. The normalized spacial score (nSPS) is 24.4. The Labute approximate surface area is 95.0 Å². The van der Waals surface area contributed by atoms with Crippen molar-refractivity contribution in [1.82, 2.24) is 5.32 Å². The maximum atomic E-state index is 3.65. The summed E-state index contributed by atoms with van der Waals surface area (Å²) in [6.45, 7) is 6.21. The van der Waals surface area contributed by atoms with E-state index < -0.39 is 0 Å². The van der Waals surface area contributed by atoms with Crippen LogP contribution in [0, 0.1) is 11.3 Å². The Bertz CT molecular complexity index is 188. The molecule has 0 bridgehead atoms. The van der Waals surface area contributed by atoms with E-state index >= 15 is 0 Å². The van der Waals surface area contributed by atoms with Crippen molar-refractivity contribution in [2.24, 2.45) is 11.3 Å². The van der Waals surface area contributed by atoms with Crippen LogP contribution in [0.3, 0.4) is 0 Å². The summed E-state index contributed by atoms with van der Waals surface area (Å²) in [4.78, 5) is 0. The van der Waals surface area contributed by atoms with Crippen molar-refractivity contribution in [3.63, 3.8) is 0 Å². The molecule has 0 spiro atoms. The van der Waals surface area contributed by atoms with Crippen molar-refractivity contribution >= 4 is 0 Å². The maximum absolute atomic E-state index is 3.65. The molecule has 0 aromatic heterocycles. The third kappa shape index (κ3) is 3.48. The van der Waals surface area contributed by atoms with Crippen LogP contribution in [0.15, 0.2) is 0 Å². The summed E-state index contributed by atoms with van der Waals surface area (Å²) in [6.07, 6.45) is 11.6. The van der Waals surface area contributed by atoms with E-state index in [-0.39, 0.29) is 0 Å². The average Bonchev–Trinajstić information content (AvgIpc) is 3.03. The van der Waals surface area contributed by atoms with Gasteiger partial charge >= 0.3 is 0 Å². The first-order valence-corrected chi connectivity index (χ1v) is 6.92. The number of hydrogen-bond donors (Lipinski definition) is 1. The third-order valence-corrected chi connectivity index (χ3v) is 4.49. The quantitative estimate of drug-likeness (QED) is 0.727. The second kappa shape index (κ2) is 4.86. The van der Waals surface area contributed by atoms with Gasteiger partial charge in [-0.2, -0.15) is 0 Å². The lowest BCUT2D eigenvalue weighted by Crippen LogP contribution is -2.31. The molecule has 0 atom stereocenters. The first kappa shape index (κ1) is 11.4. The van der Waals surface area contributed by atoms with Gasteiger partial charge in [0.25, 0.3) is 0 Å². The molecule has 0 aliphatic heterocycles. The molecule has 0 heterocycles. The predicted molar refractivity (Wildman–Crippen MR) is 66.0 cm³/mol. The van der Waals surface area contributed by atoms with Crippen LogP contribution in [0.25, 0.3) is 0 Å². The highest BCUT2D eigenvalue weighted by Gasteiger charge is 2.30. The molecule has 0 aromatic carbocycles. The van der Waals surface area contributed by atoms with Crippen LogP contribution in [0.1, 0.15) is 65.2 Å². The van der Waals surface area contributed by atoms with Crippen LogP contribution in [0.4, 0.5) is 0 Å². The van der Waals surface area contributed by atoms with Crippen LogP contribution in [0.2, 0.25) is 0 Å². The Morgan fingerprint density at radius 1 is 1.00 bits per heavy atom. The molecule has 2 fully saturated rings. The summed E-state index contributed by atoms with van der Waals surface area (Å²) in [5, 5.41) is 3.65. The van der Waals surface area contributed by atoms with Crippen LogP contribution < -0.4 is 5.32 Å². The standard InChI is InChI=1S/C14H27N/c1-14(2,10-11-15-13-8-9-13)12-6-4-3-5-7-12/h12-13,15H,3-11H2,1-2H3. The van der Waals surface area contributed by atoms with Gasteiger partial charge < -0.3 is 5.32 Å². The molecular formula is C14H27N. The summed E-state index contributed by atoms with van der Waals surface area (Å²) in [5.74, 6) is 0.993. The molecule has 2 aliphatic rings. The molecule has 2 aliphatic carbocycles. The lowest BCUT2D eigenvalue weighted by Gasteiger charge is -2.37. The summed E-state index contributed by atoms with van der Waals surface area (Å²) in [7, 11) is 0. The zero-order valence-electron chi connectivity index (χ0n) is 10.5. The highest BCUT2D eigenvalue weighted by atomic mass is 14.9. The molecule has 0 aromatic rings. The minimum absolute atomic E-state index is 0.572. The zero-order valence-corrected chi connectivity index (χ0v) is 10.5. The van der Waals surface area contributed by atoms with Crippen LogP contribution in [-0.2, 0) is 0 Å². The Morgan fingerprint density at radius 2 is 1.67 bits per heavy atom. The summed E-state index contributed by atoms with van der Waals surface area (Å²) < 4.78 is 0. The molecular weight excluding hydrogens is 182 g/mol. The first-order chi connectivity index (χ1) is 7.18. The lowest BCUT2D eigenvalue weighted by atomic mass is 9.69. The predicted octanol–water partition coefficient (Wildman–Crippen LogP) is 3.74. The van der Waals surface area contributed by atoms with E-state index in [2.05, 4.69) is 19.2 Å². The Balaban J connectivity index is 1.70. The highest BCUT2D eigenvalue weighted by Crippen LogP contribution is 2.40. The van der Waals surface area contributed by atoms with Gasteiger partial charge in [-0.05, 0) is 50.0 Å². The molecule has 1 N–H and O–H groups in total. The monoisotopic (exact) mass is 209 g/mol. The molecule has 1 heteroatoms. The highest BCUT2D eigenvalue weighted by molar-refractivity contribution is 4.85. The SMILES string of the molecule is CC(C)(CCNC1CC1)C1CCCCC1. The Kier molecular flexibility index (Phi) is 3.71. The van der Waals surface area contributed by atoms with Crippen molar-refractivity contribution in [1.29, 1.82) is 0 Å². The molecule has 0 unspecified atom stereocenters. The molecule has 2 saturated carbocycles. The molecule has 0 amide bonds. The van der Waals surface area contributed by atoms with Gasteiger partial charge in [-0.1, -0.05) is 33.1 Å². The molecule has 15 heavy (non-hydrogen) atoms. The fourth-order valence-electron chi connectivity index (χ4n) is 2.97. The smallest absolute Gasteiger partial charge is 0.00682 e. The maximum Gasteiger partial charge on any atom is 0.00682 e. The van der Waals surface area contributed by atoms with Crippen LogP contribution in [0.5, 0.6) is 0 Å². The van der Waals surface area contributed by atoms with Gasteiger partial charge in [-0.3, -0.25) is 0 Å². The molecule has 88 valence electrons. The van der Waals surface area contributed by atoms with Crippen molar-refractivity contribution < 1.29 is 0 Å².